The molecule has 2 aromatic rings. The van der Waals surface area contributed by atoms with Crippen LogP contribution in [0, 0.1) is 17.7 Å². The van der Waals surface area contributed by atoms with Crippen molar-refractivity contribution in [3.63, 3.8) is 0 Å². The fourth-order valence-electron chi connectivity index (χ4n) is 4.61. The van der Waals surface area contributed by atoms with Crippen LogP contribution in [0.1, 0.15) is 38.7 Å². The summed E-state index contributed by atoms with van der Waals surface area (Å²) in [4.78, 5) is 24.2. The summed E-state index contributed by atoms with van der Waals surface area (Å²) in [6.07, 6.45) is -4.37. The molecule has 0 spiro atoms. The molecule has 1 amide bonds. The van der Waals surface area contributed by atoms with Crippen LogP contribution in [0.2, 0.25) is 0 Å². The number of carbonyl (C=O) groups is 2. The highest BCUT2D eigenvalue weighted by molar-refractivity contribution is 7.92. The number of ether oxygens (including phenoxy) is 3. The van der Waals surface area contributed by atoms with E-state index in [0.717, 1.165) is 49.2 Å². The Morgan fingerprint density at radius 2 is 1.83 bits per heavy atom. The van der Waals surface area contributed by atoms with E-state index in [2.05, 4.69) is 4.74 Å². The SMILES string of the molecule is COc1cc(S(=O)(=O)N2C[C@H](C[C@@H](C(N)=O)C3CC3)Oc3ccc(CC(=O)OC(C)(C)C(F)(F)F)cc32)ccc1F. The summed E-state index contributed by atoms with van der Waals surface area (Å²) in [6, 6.07) is 7.12. The number of methoxy groups -OCH3 is 1. The maximum atomic E-state index is 14.1. The molecule has 0 bridgehead atoms. The van der Waals surface area contributed by atoms with Crippen molar-refractivity contribution in [2.45, 2.75) is 62.3 Å². The molecule has 0 aromatic heterocycles. The van der Waals surface area contributed by atoms with Crippen molar-refractivity contribution in [3.8, 4) is 11.5 Å². The Morgan fingerprint density at radius 1 is 1.15 bits per heavy atom. The highest BCUT2D eigenvalue weighted by Gasteiger charge is 2.50. The van der Waals surface area contributed by atoms with E-state index in [0.29, 0.717) is 0 Å². The number of nitrogens with zero attached hydrogens (tertiary/aromatic N) is 1. The molecule has 224 valence electrons. The number of benzene rings is 2. The summed E-state index contributed by atoms with van der Waals surface area (Å²) in [7, 11) is -3.20. The normalized spacial score (nSPS) is 18.2. The zero-order valence-corrected chi connectivity index (χ0v) is 23.4. The Labute approximate surface area is 234 Å². The molecule has 0 saturated heterocycles. The van der Waals surface area contributed by atoms with Crippen molar-refractivity contribution in [1.29, 1.82) is 0 Å². The quantitative estimate of drug-likeness (QED) is 0.320. The van der Waals surface area contributed by atoms with Gasteiger partial charge in [-0.2, -0.15) is 13.2 Å². The van der Waals surface area contributed by atoms with Crippen LogP contribution in [0.25, 0.3) is 0 Å². The van der Waals surface area contributed by atoms with Gasteiger partial charge in [-0.25, -0.2) is 12.8 Å². The van der Waals surface area contributed by atoms with Gasteiger partial charge in [-0.1, -0.05) is 6.07 Å². The molecule has 2 aromatic carbocycles. The summed E-state index contributed by atoms with van der Waals surface area (Å²) < 4.78 is 97.9. The lowest BCUT2D eigenvalue weighted by Crippen LogP contribution is -2.45. The Balaban J connectivity index is 1.69. The van der Waals surface area contributed by atoms with Crippen LogP contribution in [-0.4, -0.2) is 51.8 Å². The standard InChI is InChI=1S/C27H30F4N2O7S/c1-26(2,27(29,30)31)40-24(34)11-15-4-9-22-21(10-15)33(14-17(39-22)12-19(25(32)35)16-5-6-16)41(36,37)18-7-8-20(28)23(13-18)38-3/h4,7-10,13,16-17,19H,5-6,11-12,14H2,1-3H3,(H2,32,35)/t17-,19+/m0/s1. The predicted octanol–water partition coefficient (Wildman–Crippen LogP) is 4.12. The number of anilines is 1. The topological polar surface area (TPSA) is 125 Å². The van der Waals surface area contributed by atoms with Gasteiger partial charge in [-0.15, -0.1) is 0 Å². The predicted molar refractivity (Wildman–Crippen MR) is 138 cm³/mol. The third-order valence-corrected chi connectivity index (χ3v) is 8.91. The molecule has 2 N–H and O–H groups in total. The molecule has 2 aliphatic rings. The fourth-order valence-corrected chi connectivity index (χ4v) is 6.13. The number of carbonyl (C=O) groups excluding carboxylic acids is 2. The first-order valence-corrected chi connectivity index (χ1v) is 14.2. The van der Waals surface area contributed by atoms with Crippen molar-refractivity contribution < 1.29 is 49.8 Å². The number of alkyl halides is 3. The number of primary amides is 1. The van der Waals surface area contributed by atoms with Gasteiger partial charge in [0.1, 0.15) is 11.9 Å². The number of halogens is 4. The highest BCUT2D eigenvalue weighted by atomic mass is 32.2. The van der Waals surface area contributed by atoms with Gasteiger partial charge in [0, 0.05) is 12.0 Å². The van der Waals surface area contributed by atoms with E-state index in [4.69, 9.17) is 15.2 Å². The number of amides is 1. The van der Waals surface area contributed by atoms with E-state index in [1.165, 1.54) is 25.3 Å². The summed E-state index contributed by atoms with van der Waals surface area (Å²) in [5.41, 5.74) is 3.03. The molecule has 1 aliphatic heterocycles. The van der Waals surface area contributed by atoms with Gasteiger partial charge in [0.25, 0.3) is 10.0 Å². The highest BCUT2D eigenvalue weighted by Crippen LogP contribution is 2.43. The minimum Gasteiger partial charge on any atom is -0.494 e. The summed E-state index contributed by atoms with van der Waals surface area (Å²) in [5, 5.41) is 0. The lowest BCUT2D eigenvalue weighted by molar-refractivity contribution is -0.257. The van der Waals surface area contributed by atoms with Crippen LogP contribution >= 0.6 is 0 Å². The number of esters is 1. The third-order valence-electron chi connectivity index (χ3n) is 7.14. The molecular weight excluding hydrogens is 572 g/mol. The number of fused-ring (bicyclic) bond motifs is 1. The number of hydrogen-bond acceptors (Lipinski definition) is 7. The molecule has 0 radical (unpaired) electrons. The average Bonchev–Trinajstić information content (AvgIpc) is 3.71. The van der Waals surface area contributed by atoms with Crippen LogP contribution in [0.3, 0.4) is 0 Å². The van der Waals surface area contributed by atoms with Gasteiger partial charge in [0.15, 0.2) is 11.6 Å². The van der Waals surface area contributed by atoms with Gasteiger partial charge in [-0.05, 0) is 68.9 Å². The lowest BCUT2D eigenvalue weighted by Gasteiger charge is -2.37. The second-order valence-electron chi connectivity index (χ2n) is 10.6. The second kappa shape index (κ2) is 11.0. The Morgan fingerprint density at radius 3 is 2.41 bits per heavy atom. The minimum atomic E-state index is -4.80. The Hall–Kier alpha value is -3.55. The first-order valence-electron chi connectivity index (χ1n) is 12.8. The van der Waals surface area contributed by atoms with Crippen LogP contribution in [0.5, 0.6) is 11.5 Å². The average molecular weight is 603 g/mol. The monoisotopic (exact) mass is 602 g/mol. The van der Waals surface area contributed by atoms with E-state index in [1.807, 2.05) is 0 Å². The molecule has 4 rings (SSSR count). The molecule has 1 fully saturated rings. The van der Waals surface area contributed by atoms with Gasteiger partial charge >= 0.3 is 12.1 Å². The number of nitrogens with two attached hydrogens (primary N) is 1. The van der Waals surface area contributed by atoms with Crippen molar-refractivity contribution in [2.24, 2.45) is 17.6 Å². The van der Waals surface area contributed by atoms with Crippen molar-refractivity contribution in [1.82, 2.24) is 0 Å². The van der Waals surface area contributed by atoms with Gasteiger partial charge < -0.3 is 19.9 Å². The zero-order valence-electron chi connectivity index (χ0n) is 22.5. The number of sulfonamides is 1. The smallest absolute Gasteiger partial charge is 0.427 e. The molecule has 9 nitrogen and oxygen atoms in total. The van der Waals surface area contributed by atoms with Gasteiger partial charge in [0.05, 0.1) is 30.7 Å². The Bertz CT molecular complexity index is 1440. The van der Waals surface area contributed by atoms with Gasteiger partial charge in [-0.3, -0.25) is 13.9 Å². The lowest BCUT2D eigenvalue weighted by atomic mass is 9.95. The first kappa shape index (κ1) is 30.4. The largest absolute Gasteiger partial charge is 0.494 e. The Kier molecular flexibility index (Phi) is 8.18. The summed E-state index contributed by atoms with van der Waals surface area (Å²) >= 11 is 0. The van der Waals surface area contributed by atoms with Crippen LogP contribution in [-0.2, 0) is 30.8 Å². The van der Waals surface area contributed by atoms with E-state index in [9.17, 15) is 35.6 Å². The third kappa shape index (κ3) is 6.52. The molecule has 1 aliphatic carbocycles. The maximum absolute atomic E-state index is 14.1. The first-order chi connectivity index (χ1) is 19.0. The van der Waals surface area contributed by atoms with E-state index in [-0.39, 0.29) is 46.5 Å². The molecule has 1 saturated carbocycles. The fraction of sp³-hybridized carbons (Fsp3) is 0.481. The van der Waals surface area contributed by atoms with Crippen LogP contribution in [0.15, 0.2) is 41.3 Å². The maximum Gasteiger partial charge on any atom is 0.427 e. The van der Waals surface area contributed by atoms with Gasteiger partial charge in [0.2, 0.25) is 11.5 Å². The van der Waals surface area contributed by atoms with Crippen molar-refractivity contribution in [2.75, 3.05) is 18.0 Å². The van der Waals surface area contributed by atoms with Crippen LogP contribution < -0.4 is 19.5 Å². The van der Waals surface area contributed by atoms with Crippen molar-refractivity contribution >= 4 is 27.6 Å². The second-order valence-corrected chi connectivity index (χ2v) is 12.5. The molecular formula is C27H30F4N2O7S. The van der Waals surface area contributed by atoms with E-state index >= 15 is 0 Å². The molecule has 1 heterocycles. The molecule has 14 heteroatoms. The van der Waals surface area contributed by atoms with Crippen molar-refractivity contribution in [3.05, 3.63) is 47.8 Å². The zero-order chi connectivity index (χ0) is 30.3. The molecule has 41 heavy (non-hydrogen) atoms. The summed E-state index contributed by atoms with van der Waals surface area (Å²) in [6.45, 7) is 1.19. The number of rotatable bonds is 10. The summed E-state index contributed by atoms with van der Waals surface area (Å²) in [5.74, 6) is -3.11. The number of hydrogen-bond donors (Lipinski definition) is 1. The van der Waals surface area contributed by atoms with Crippen LogP contribution in [0.4, 0.5) is 23.2 Å². The van der Waals surface area contributed by atoms with E-state index < -0.39 is 57.9 Å². The molecule has 0 unspecified atom stereocenters. The van der Waals surface area contributed by atoms with E-state index in [1.54, 1.807) is 0 Å². The minimum absolute atomic E-state index is 0.00645. The molecule has 2 atom stereocenters.